The summed E-state index contributed by atoms with van der Waals surface area (Å²) in [6.45, 7) is -0.294. The molecule has 0 bridgehead atoms. The normalized spacial score (nSPS) is 38.4. The van der Waals surface area contributed by atoms with Gasteiger partial charge in [0.25, 0.3) is 0 Å². The Labute approximate surface area is 102 Å². The van der Waals surface area contributed by atoms with Crippen molar-refractivity contribution in [2.75, 3.05) is 13.2 Å². The van der Waals surface area contributed by atoms with E-state index in [9.17, 15) is 14.7 Å². The molecule has 0 aromatic carbocycles. The van der Waals surface area contributed by atoms with Crippen LogP contribution in [0.4, 0.5) is 4.79 Å². The van der Waals surface area contributed by atoms with Crippen molar-refractivity contribution in [3.63, 3.8) is 0 Å². The number of hydrogen-bond donors (Lipinski definition) is 3. The molecule has 2 heterocycles. The lowest BCUT2D eigenvalue weighted by atomic mass is 10.2. The van der Waals surface area contributed by atoms with E-state index in [1.165, 1.54) is 4.90 Å². The number of imide groups is 1. The molecule has 0 saturated carbocycles. The highest BCUT2D eigenvalue weighted by Gasteiger charge is 2.42. The van der Waals surface area contributed by atoms with Crippen molar-refractivity contribution in [1.29, 1.82) is 0 Å². The number of alkyl halides is 1. The summed E-state index contributed by atoms with van der Waals surface area (Å²) in [6.07, 6.45) is -2.02. The van der Waals surface area contributed by atoms with E-state index in [1.807, 2.05) is 0 Å². The van der Waals surface area contributed by atoms with Crippen LogP contribution in [0.15, 0.2) is 0 Å². The monoisotopic (exact) mass is 264 g/mol. The molecule has 3 N–H and O–H groups in total. The fraction of sp³-hybridized carbons (Fsp3) is 0.778. The molecular formula is C9H13ClN2O5. The molecule has 0 aliphatic carbocycles. The molecule has 2 saturated heterocycles. The molecule has 0 radical (unpaired) electrons. The summed E-state index contributed by atoms with van der Waals surface area (Å²) >= 11 is 5.74. The Kier molecular flexibility index (Phi) is 3.53. The second-order valence-electron chi connectivity index (χ2n) is 4.03. The number of carbonyl (C=O) groups excluding carboxylic acids is 2. The lowest BCUT2D eigenvalue weighted by Crippen LogP contribution is -2.58. The molecule has 2 rings (SSSR count). The van der Waals surface area contributed by atoms with E-state index < -0.39 is 35.8 Å². The van der Waals surface area contributed by atoms with Crippen molar-refractivity contribution in [3.8, 4) is 0 Å². The largest absolute Gasteiger partial charge is 0.394 e. The van der Waals surface area contributed by atoms with Gasteiger partial charge in [-0.2, -0.15) is 0 Å². The SMILES string of the molecule is O=C1NC(=O)N([C@H]2C[C@H](O)[C@@H](CO)O2)CC1Cl. The van der Waals surface area contributed by atoms with Crippen LogP contribution >= 0.6 is 11.6 Å². The Hall–Kier alpha value is -0.890. The van der Waals surface area contributed by atoms with Crippen LogP contribution in [0, 0.1) is 0 Å². The van der Waals surface area contributed by atoms with Crippen LogP contribution in [-0.2, 0) is 9.53 Å². The smallest absolute Gasteiger partial charge is 0.326 e. The van der Waals surface area contributed by atoms with Crippen LogP contribution in [0.1, 0.15) is 6.42 Å². The maximum atomic E-state index is 11.6. The van der Waals surface area contributed by atoms with Gasteiger partial charge >= 0.3 is 6.03 Å². The molecular weight excluding hydrogens is 252 g/mol. The van der Waals surface area contributed by atoms with Crippen molar-refractivity contribution in [2.24, 2.45) is 0 Å². The summed E-state index contributed by atoms with van der Waals surface area (Å²) in [5.74, 6) is -0.537. The molecule has 4 atom stereocenters. The van der Waals surface area contributed by atoms with E-state index in [0.717, 1.165) is 0 Å². The zero-order valence-electron chi connectivity index (χ0n) is 8.88. The maximum Gasteiger partial charge on any atom is 0.326 e. The number of ether oxygens (including phenoxy) is 1. The molecule has 0 aromatic rings. The molecule has 0 spiro atoms. The minimum Gasteiger partial charge on any atom is -0.394 e. The molecule has 96 valence electrons. The Morgan fingerprint density at radius 1 is 1.53 bits per heavy atom. The zero-order chi connectivity index (χ0) is 12.6. The van der Waals surface area contributed by atoms with E-state index in [2.05, 4.69) is 5.32 Å². The van der Waals surface area contributed by atoms with E-state index in [4.69, 9.17) is 21.4 Å². The number of nitrogens with one attached hydrogen (secondary N) is 1. The molecule has 1 unspecified atom stereocenters. The average molecular weight is 265 g/mol. The van der Waals surface area contributed by atoms with Crippen LogP contribution in [-0.4, -0.2) is 64.0 Å². The summed E-state index contributed by atoms with van der Waals surface area (Å²) in [6, 6.07) is -0.595. The molecule has 17 heavy (non-hydrogen) atoms. The number of amides is 3. The summed E-state index contributed by atoms with van der Waals surface area (Å²) in [4.78, 5) is 23.9. The van der Waals surface area contributed by atoms with E-state index >= 15 is 0 Å². The van der Waals surface area contributed by atoms with Crippen LogP contribution in [0.25, 0.3) is 0 Å². The fourth-order valence-corrected chi connectivity index (χ4v) is 2.12. The Morgan fingerprint density at radius 3 is 2.82 bits per heavy atom. The number of carbonyl (C=O) groups is 2. The van der Waals surface area contributed by atoms with Crippen LogP contribution in [0.3, 0.4) is 0 Å². The van der Waals surface area contributed by atoms with Crippen LogP contribution in [0.2, 0.25) is 0 Å². The van der Waals surface area contributed by atoms with Gasteiger partial charge in [-0.1, -0.05) is 0 Å². The third-order valence-corrected chi connectivity index (χ3v) is 3.20. The number of hydrogen-bond acceptors (Lipinski definition) is 5. The van der Waals surface area contributed by atoms with Crippen molar-refractivity contribution >= 4 is 23.5 Å². The number of urea groups is 1. The topological polar surface area (TPSA) is 99.1 Å². The van der Waals surface area contributed by atoms with Gasteiger partial charge in [0.2, 0.25) is 5.91 Å². The minimum absolute atomic E-state index is 0.0295. The summed E-state index contributed by atoms with van der Waals surface area (Å²) in [7, 11) is 0. The van der Waals surface area contributed by atoms with Gasteiger partial charge in [0.05, 0.1) is 19.3 Å². The van der Waals surface area contributed by atoms with Crippen molar-refractivity contribution in [2.45, 2.75) is 30.2 Å². The van der Waals surface area contributed by atoms with Crippen LogP contribution in [0.5, 0.6) is 0 Å². The third-order valence-electron chi connectivity index (χ3n) is 2.86. The molecule has 7 nitrogen and oxygen atoms in total. The Morgan fingerprint density at radius 2 is 2.24 bits per heavy atom. The first-order chi connectivity index (χ1) is 8.02. The predicted molar refractivity (Wildman–Crippen MR) is 56.3 cm³/mol. The molecule has 0 aromatic heterocycles. The highest BCUT2D eigenvalue weighted by atomic mass is 35.5. The number of nitrogens with zero attached hydrogens (tertiary/aromatic N) is 1. The van der Waals surface area contributed by atoms with E-state index in [1.54, 1.807) is 0 Å². The lowest BCUT2D eigenvalue weighted by molar-refractivity contribution is -0.123. The van der Waals surface area contributed by atoms with Gasteiger partial charge in [-0.3, -0.25) is 15.0 Å². The summed E-state index contributed by atoms with van der Waals surface area (Å²) in [5.41, 5.74) is 0. The fourth-order valence-electron chi connectivity index (χ4n) is 1.91. The number of aliphatic hydroxyl groups is 2. The van der Waals surface area contributed by atoms with E-state index in [0.29, 0.717) is 0 Å². The number of halogens is 1. The molecule has 2 aliphatic heterocycles. The van der Waals surface area contributed by atoms with Gasteiger partial charge in [-0.15, -0.1) is 11.6 Å². The quantitative estimate of drug-likeness (QED) is 0.534. The Balaban J connectivity index is 2.03. The summed E-state index contributed by atoms with van der Waals surface area (Å²) in [5, 5.41) is 19.7. The van der Waals surface area contributed by atoms with Gasteiger partial charge < -0.3 is 14.9 Å². The summed E-state index contributed by atoms with van der Waals surface area (Å²) < 4.78 is 5.31. The van der Waals surface area contributed by atoms with Crippen LogP contribution < -0.4 is 5.32 Å². The zero-order valence-corrected chi connectivity index (χ0v) is 9.63. The second kappa shape index (κ2) is 4.77. The first-order valence-corrected chi connectivity index (χ1v) is 5.66. The number of aliphatic hydroxyl groups excluding tert-OH is 2. The highest BCUT2D eigenvalue weighted by molar-refractivity contribution is 6.32. The standard InChI is InChI=1S/C9H13ClN2O5/c10-4-2-12(9(16)11-8(4)15)7-1-5(14)6(3-13)17-7/h4-7,13-14H,1-3H2,(H,11,15,16)/t4?,5-,6+,7+/m0/s1. The highest BCUT2D eigenvalue weighted by Crippen LogP contribution is 2.25. The van der Waals surface area contributed by atoms with Gasteiger partial charge in [-0.25, -0.2) is 4.79 Å². The molecule has 2 fully saturated rings. The first kappa shape index (κ1) is 12.6. The van der Waals surface area contributed by atoms with Gasteiger partial charge in [0.1, 0.15) is 17.7 Å². The predicted octanol–water partition coefficient (Wildman–Crippen LogP) is -1.39. The Bertz CT molecular complexity index is 339. The van der Waals surface area contributed by atoms with Gasteiger partial charge in [0.15, 0.2) is 0 Å². The lowest BCUT2D eigenvalue weighted by Gasteiger charge is -2.33. The van der Waals surface area contributed by atoms with E-state index in [-0.39, 0.29) is 19.6 Å². The molecule has 3 amide bonds. The van der Waals surface area contributed by atoms with Crippen molar-refractivity contribution in [1.82, 2.24) is 10.2 Å². The van der Waals surface area contributed by atoms with Gasteiger partial charge in [-0.05, 0) is 0 Å². The van der Waals surface area contributed by atoms with Gasteiger partial charge in [0, 0.05) is 6.42 Å². The minimum atomic E-state index is -0.832. The third kappa shape index (κ3) is 2.37. The molecule has 2 aliphatic rings. The molecule has 8 heteroatoms. The number of rotatable bonds is 2. The first-order valence-electron chi connectivity index (χ1n) is 5.23. The second-order valence-corrected chi connectivity index (χ2v) is 4.56. The van der Waals surface area contributed by atoms with Crippen molar-refractivity contribution in [3.05, 3.63) is 0 Å². The average Bonchev–Trinajstić information content (AvgIpc) is 2.65. The maximum absolute atomic E-state index is 11.6. The van der Waals surface area contributed by atoms with Crippen molar-refractivity contribution < 1.29 is 24.5 Å².